The first kappa shape index (κ1) is 11.7. The van der Waals surface area contributed by atoms with Crippen LogP contribution in [0.3, 0.4) is 0 Å². The SMILES string of the molecule is CCOC(=O)Cc1noc2ccc3oc(C)nc3c12. The van der Waals surface area contributed by atoms with Crippen molar-refractivity contribution in [2.45, 2.75) is 20.3 Å². The van der Waals surface area contributed by atoms with Crippen LogP contribution in [0.5, 0.6) is 0 Å². The molecule has 6 nitrogen and oxygen atoms in total. The number of carbonyl (C=O) groups is 1. The average Bonchev–Trinajstić information content (AvgIpc) is 2.92. The van der Waals surface area contributed by atoms with Gasteiger partial charge in [0.1, 0.15) is 11.2 Å². The Morgan fingerprint density at radius 2 is 2.16 bits per heavy atom. The molecule has 0 atom stereocenters. The van der Waals surface area contributed by atoms with E-state index in [4.69, 9.17) is 13.7 Å². The number of benzene rings is 1. The summed E-state index contributed by atoms with van der Waals surface area (Å²) in [5.41, 5.74) is 2.42. The molecule has 0 aliphatic carbocycles. The summed E-state index contributed by atoms with van der Waals surface area (Å²) in [7, 11) is 0. The number of hydrogen-bond acceptors (Lipinski definition) is 6. The predicted molar refractivity (Wildman–Crippen MR) is 66.7 cm³/mol. The Balaban J connectivity index is 2.14. The summed E-state index contributed by atoms with van der Waals surface area (Å²) in [5.74, 6) is 0.223. The van der Waals surface area contributed by atoms with E-state index in [1.807, 2.05) is 0 Å². The third kappa shape index (κ3) is 1.95. The van der Waals surface area contributed by atoms with Crippen molar-refractivity contribution >= 4 is 28.0 Å². The maximum atomic E-state index is 11.5. The molecule has 3 rings (SSSR count). The van der Waals surface area contributed by atoms with E-state index >= 15 is 0 Å². The lowest BCUT2D eigenvalue weighted by Gasteiger charge is -1.98. The normalized spacial score (nSPS) is 11.3. The molecule has 0 saturated carbocycles. The van der Waals surface area contributed by atoms with Gasteiger partial charge in [-0.2, -0.15) is 0 Å². The van der Waals surface area contributed by atoms with Crippen LogP contribution in [-0.2, 0) is 16.0 Å². The fraction of sp³-hybridized carbons (Fsp3) is 0.308. The lowest BCUT2D eigenvalue weighted by molar-refractivity contribution is -0.142. The van der Waals surface area contributed by atoms with E-state index in [0.29, 0.717) is 40.3 Å². The topological polar surface area (TPSA) is 78.4 Å². The van der Waals surface area contributed by atoms with E-state index in [0.717, 1.165) is 0 Å². The van der Waals surface area contributed by atoms with Gasteiger partial charge in [-0.3, -0.25) is 4.79 Å². The van der Waals surface area contributed by atoms with Crippen molar-refractivity contribution in [1.82, 2.24) is 10.1 Å². The molecule has 0 spiro atoms. The van der Waals surface area contributed by atoms with Crippen molar-refractivity contribution < 1.29 is 18.5 Å². The number of rotatable bonds is 3. The lowest BCUT2D eigenvalue weighted by Crippen LogP contribution is -2.07. The quantitative estimate of drug-likeness (QED) is 0.673. The van der Waals surface area contributed by atoms with Crippen LogP contribution in [0.4, 0.5) is 0 Å². The fourth-order valence-corrected chi connectivity index (χ4v) is 2.06. The number of fused-ring (bicyclic) bond motifs is 3. The summed E-state index contributed by atoms with van der Waals surface area (Å²) in [6.07, 6.45) is 0.0614. The molecular formula is C13H12N2O4. The minimum Gasteiger partial charge on any atom is -0.466 e. The van der Waals surface area contributed by atoms with Gasteiger partial charge in [-0.1, -0.05) is 5.16 Å². The molecule has 3 aromatic rings. The Hall–Kier alpha value is -2.37. The maximum Gasteiger partial charge on any atom is 0.312 e. The van der Waals surface area contributed by atoms with Crippen LogP contribution in [0.1, 0.15) is 18.5 Å². The average molecular weight is 260 g/mol. The molecule has 2 heterocycles. The Morgan fingerprint density at radius 1 is 1.37 bits per heavy atom. The summed E-state index contributed by atoms with van der Waals surface area (Å²) in [6, 6.07) is 3.53. The summed E-state index contributed by atoms with van der Waals surface area (Å²) < 4.78 is 15.6. The molecule has 19 heavy (non-hydrogen) atoms. The van der Waals surface area contributed by atoms with Gasteiger partial charge >= 0.3 is 5.97 Å². The maximum absolute atomic E-state index is 11.5. The van der Waals surface area contributed by atoms with E-state index in [9.17, 15) is 4.79 Å². The second-order valence-electron chi connectivity index (χ2n) is 4.13. The highest BCUT2D eigenvalue weighted by Gasteiger charge is 2.18. The predicted octanol–water partition coefficient (Wildman–Crippen LogP) is 2.38. The van der Waals surface area contributed by atoms with Gasteiger partial charge in [0.2, 0.25) is 0 Å². The van der Waals surface area contributed by atoms with Crippen molar-refractivity contribution in [3.63, 3.8) is 0 Å². The molecule has 0 radical (unpaired) electrons. The molecule has 6 heteroatoms. The monoisotopic (exact) mass is 260 g/mol. The number of nitrogens with zero attached hydrogens (tertiary/aromatic N) is 2. The van der Waals surface area contributed by atoms with E-state index in [2.05, 4.69) is 10.1 Å². The molecule has 2 aromatic heterocycles. The van der Waals surface area contributed by atoms with Crippen LogP contribution in [0, 0.1) is 6.92 Å². The zero-order valence-corrected chi connectivity index (χ0v) is 10.6. The molecule has 1 aromatic carbocycles. The summed E-state index contributed by atoms with van der Waals surface area (Å²) in [4.78, 5) is 15.9. The molecule has 0 fully saturated rings. The van der Waals surface area contributed by atoms with E-state index in [-0.39, 0.29) is 12.4 Å². The van der Waals surface area contributed by atoms with Crippen molar-refractivity contribution in [3.05, 3.63) is 23.7 Å². The number of ether oxygens (including phenoxy) is 1. The molecule has 0 unspecified atom stereocenters. The Labute approximate surface area is 108 Å². The minimum atomic E-state index is -0.338. The number of carbonyl (C=O) groups excluding carboxylic acids is 1. The molecule has 98 valence electrons. The van der Waals surface area contributed by atoms with Gasteiger partial charge in [0, 0.05) is 6.92 Å². The van der Waals surface area contributed by atoms with Crippen LogP contribution in [0.2, 0.25) is 0 Å². The molecule has 0 aliphatic rings. The number of oxazole rings is 1. The molecular weight excluding hydrogens is 248 g/mol. The number of aryl methyl sites for hydroxylation is 1. The van der Waals surface area contributed by atoms with E-state index in [1.54, 1.807) is 26.0 Å². The van der Waals surface area contributed by atoms with E-state index in [1.165, 1.54) is 0 Å². The van der Waals surface area contributed by atoms with Gasteiger partial charge < -0.3 is 13.7 Å². The Bertz CT molecular complexity index is 757. The third-order valence-electron chi connectivity index (χ3n) is 2.79. The Kier molecular flexibility index (Phi) is 2.70. The van der Waals surface area contributed by atoms with Crippen molar-refractivity contribution in [2.24, 2.45) is 0 Å². The molecule has 0 amide bonds. The molecule has 0 aliphatic heterocycles. The molecule has 0 saturated heterocycles. The fourth-order valence-electron chi connectivity index (χ4n) is 2.06. The number of hydrogen-bond donors (Lipinski definition) is 0. The smallest absolute Gasteiger partial charge is 0.312 e. The van der Waals surface area contributed by atoms with Gasteiger partial charge in [-0.25, -0.2) is 4.98 Å². The first-order valence-electron chi connectivity index (χ1n) is 5.99. The van der Waals surface area contributed by atoms with Crippen molar-refractivity contribution in [1.29, 1.82) is 0 Å². The van der Waals surface area contributed by atoms with Gasteiger partial charge in [0.05, 0.1) is 18.4 Å². The second-order valence-corrected chi connectivity index (χ2v) is 4.13. The number of aromatic nitrogens is 2. The first-order chi connectivity index (χ1) is 9.19. The summed E-state index contributed by atoms with van der Waals surface area (Å²) >= 11 is 0. The standard InChI is InChI=1S/C13H12N2O4/c1-3-17-11(16)6-8-12-9(19-15-8)4-5-10-13(12)14-7(2)18-10/h4-5H,3,6H2,1-2H3. The first-order valence-corrected chi connectivity index (χ1v) is 5.99. The van der Waals surface area contributed by atoms with Gasteiger partial charge in [0.25, 0.3) is 0 Å². The lowest BCUT2D eigenvalue weighted by atomic mass is 10.1. The van der Waals surface area contributed by atoms with Gasteiger partial charge in [0.15, 0.2) is 17.1 Å². The van der Waals surface area contributed by atoms with Crippen molar-refractivity contribution in [3.8, 4) is 0 Å². The highest BCUT2D eigenvalue weighted by molar-refractivity contribution is 6.03. The van der Waals surface area contributed by atoms with Gasteiger partial charge in [-0.15, -0.1) is 0 Å². The van der Waals surface area contributed by atoms with Crippen LogP contribution in [0.25, 0.3) is 22.1 Å². The second kappa shape index (κ2) is 4.38. The van der Waals surface area contributed by atoms with Crippen LogP contribution < -0.4 is 0 Å². The zero-order chi connectivity index (χ0) is 13.4. The molecule has 0 N–H and O–H groups in total. The minimum absolute atomic E-state index is 0.0614. The van der Waals surface area contributed by atoms with Gasteiger partial charge in [-0.05, 0) is 19.1 Å². The van der Waals surface area contributed by atoms with Crippen LogP contribution >= 0.6 is 0 Å². The van der Waals surface area contributed by atoms with Crippen LogP contribution in [-0.4, -0.2) is 22.7 Å². The zero-order valence-electron chi connectivity index (χ0n) is 10.6. The largest absolute Gasteiger partial charge is 0.466 e. The summed E-state index contributed by atoms with van der Waals surface area (Å²) in [5, 5.41) is 4.63. The summed E-state index contributed by atoms with van der Waals surface area (Å²) in [6.45, 7) is 3.87. The van der Waals surface area contributed by atoms with Crippen molar-refractivity contribution in [2.75, 3.05) is 6.61 Å². The van der Waals surface area contributed by atoms with E-state index < -0.39 is 0 Å². The number of esters is 1. The highest BCUT2D eigenvalue weighted by atomic mass is 16.5. The third-order valence-corrected chi connectivity index (χ3v) is 2.79. The molecule has 0 bridgehead atoms. The van der Waals surface area contributed by atoms with Crippen LogP contribution in [0.15, 0.2) is 21.1 Å². The Morgan fingerprint density at radius 3 is 2.95 bits per heavy atom. The highest BCUT2D eigenvalue weighted by Crippen LogP contribution is 2.28.